The van der Waals surface area contributed by atoms with E-state index < -0.39 is 0 Å². The van der Waals surface area contributed by atoms with E-state index in [9.17, 15) is 9.59 Å². The Morgan fingerprint density at radius 2 is 2.03 bits per heavy atom. The first-order valence-electron chi connectivity index (χ1n) is 10.0. The number of carbonyl (C=O) groups is 3. The second kappa shape index (κ2) is 10.1. The highest BCUT2D eigenvalue weighted by atomic mass is 16.5. The number of hydrogen-bond donors (Lipinski definition) is 2. The molecule has 3 heterocycles. The molecular weight excluding hydrogens is 390 g/mol. The van der Waals surface area contributed by atoms with Crippen LogP contribution in [-0.2, 0) is 14.3 Å². The van der Waals surface area contributed by atoms with Crippen molar-refractivity contribution >= 4 is 24.0 Å². The summed E-state index contributed by atoms with van der Waals surface area (Å²) in [5.41, 5.74) is 1.02. The Hall–Kier alpha value is -3.01. The summed E-state index contributed by atoms with van der Waals surface area (Å²) < 4.78 is 6.44. The number of hydrogen-bond acceptors (Lipinski definition) is 7. The predicted octanol–water partition coefficient (Wildman–Crippen LogP) is 0.966. The second-order valence-electron chi connectivity index (χ2n) is 7.57. The van der Waals surface area contributed by atoms with Crippen LogP contribution in [0.15, 0.2) is 24.5 Å². The second-order valence-corrected chi connectivity index (χ2v) is 7.57. The third-order valence-electron chi connectivity index (χ3n) is 5.53. The fourth-order valence-electron chi connectivity index (χ4n) is 3.87. The monoisotopic (exact) mass is 417 g/mol. The number of nitrogens with zero attached hydrogens (tertiary/aromatic N) is 4. The Morgan fingerprint density at radius 3 is 2.70 bits per heavy atom. The number of methoxy groups -OCH3 is 1. The summed E-state index contributed by atoms with van der Waals surface area (Å²) in [6.45, 7) is 1.31. The molecule has 162 valence electrons. The van der Waals surface area contributed by atoms with Crippen molar-refractivity contribution in [2.24, 2.45) is 5.92 Å². The van der Waals surface area contributed by atoms with Gasteiger partial charge < -0.3 is 15.2 Å². The summed E-state index contributed by atoms with van der Waals surface area (Å²) in [6, 6.07) is 3.92. The molecule has 1 amide bonds. The summed E-state index contributed by atoms with van der Waals surface area (Å²) >= 11 is 0. The lowest BCUT2D eigenvalue weighted by Crippen LogP contribution is -2.45. The number of rotatable bonds is 7. The molecule has 0 bridgehead atoms. The Bertz CT molecular complexity index is 848. The van der Waals surface area contributed by atoms with Crippen molar-refractivity contribution in [2.75, 3.05) is 20.2 Å². The van der Waals surface area contributed by atoms with Crippen LogP contribution in [0.2, 0.25) is 0 Å². The summed E-state index contributed by atoms with van der Waals surface area (Å²) in [5.74, 6) is 0.372. The first-order chi connectivity index (χ1) is 14.5. The largest absolute Gasteiger partial charge is 0.483 e. The van der Waals surface area contributed by atoms with Crippen molar-refractivity contribution < 1.29 is 24.2 Å². The van der Waals surface area contributed by atoms with Crippen LogP contribution in [0.1, 0.15) is 42.6 Å². The average molecular weight is 417 g/mol. The van der Waals surface area contributed by atoms with Crippen molar-refractivity contribution in [3.05, 3.63) is 30.2 Å². The molecule has 2 atom stereocenters. The molecule has 0 spiro atoms. The maximum absolute atomic E-state index is 12.5. The number of carbonyl (C=O) groups excluding carboxylic acids is 2. The number of aromatic nitrogens is 3. The highest BCUT2D eigenvalue weighted by Gasteiger charge is 2.38. The van der Waals surface area contributed by atoms with E-state index in [1.165, 1.54) is 20.0 Å². The van der Waals surface area contributed by atoms with E-state index in [2.05, 4.69) is 20.3 Å². The number of amides is 1. The van der Waals surface area contributed by atoms with Gasteiger partial charge in [-0.15, -0.1) is 0 Å². The van der Waals surface area contributed by atoms with Gasteiger partial charge in [0.2, 0.25) is 0 Å². The zero-order valence-corrected chi connectivity index (χ0v) is 16.9. The first kappa shape index (κ1) is 21.7. The van der Waals surface area contributed by atoms with Gasteiger partial charge in [-0.3, -0.25) is 19.3 Å². The van der Waals surface area contributed by atoms with Crippen molar-refractivity contribution in [3.8, 4) is 0 Å². The van der Waals surface area contributed by atoms with E-state index in [4.69, 9.17) is 14.6 Å². The topological polar surface area (TPSA) is 126 Å². The molecule has 0 unspecified atom stereocenters. The SMILES string of the molecule is COC(=O)C[C@H]1CC[C@@H](CNC(=O)c2cc3ncccn3n2)N1CC1CC1.O=CO. The number of esters is 1. The molecule has 2 aliphatic rings. The average Bonchev–Trinajstić information content (AvgIpc) is 3.33. The Balaban J connectivity index is 0.000000806. The fourth-order valence-corrected chi connectivity index (χ4v) is 3.87. The number of likely N-dealkylation sites (tertiary alicyclic amines) is 1. The lowest BCUT2D eigenvalue weighted by Gasteiger charge is -2.30. The predicted molar refractivity (Wildman–Crippen MR) is 107 cm³/mol. The van der Waals surface area contributed by atoms with Gasteiger partial charge >= 0.3 is 5.97 Å². The zero-order chi connectivity index (χ0) is 21.5. The summed E-state index contributed by atoms with van der Waals surface area (Å²) in [6.07, 6.45) is 8.32. The Morgan fingerprint density at radius 1 is 1.30 bits per heavy atom. The molecule has 4 rings (SSSR count). The van der Waals surface area contributed by atoms with E-state index in [0.717, 1.165) is 25.3 Å². The van der Waals surface area contributed by atoms with Crippen molar-refractivity contribution in [1.29, 1.82) is 0 Å². The maximum Gasteiger partial charge on any atom is 0.307 e. The van der Waals surface area contributed by atoms with Gasteiger partial charge in [0, 0.05) is 43.6 Å². The molecule has 1 saturated carbocycles. The molecule has 0 radical (unpaired) electrons. The minimum absolute atomic E-state index is 0.164. The van der Waals surface area contributed by atoms with E-state index in [0.29, 0.717) is 24.3 Å². The van der Waals surface area contributed by atoms with Gasteiger partial charge in [-0.25, -0.2) is 9.50 Å². The normalized spacial score (nSPS) is 21.0. The number of ether oxygens (including phenoxy) is 1. The van der Waals surface area contributed by atoms with E-state index >= 15 is 0 Å². The molecule has 10 nitrogen and oxygen atoms in total. The molecule has 1 saturated heterocycles. The third-order valence-corrected chi connectivity index (χ3v) is 5.53. The minimum atomic E-state index is -0.250. The Labute approximate surface area is 174 Å². The molecule has 2 aromatic heterocycles. The molecule has 1 aliphatic carbocycles. The van der Waals surface area contributed by atoms with Crippen LogP contribution in [0.3, 0.4) is 0 Å². The molecule has 30 heavy (non-hydrogen) atoms. The Kier molecular flexibility index (Phi) is 7.34. The summed E-state index contributed by atoms with van der Waals surface area (Å²) in [5, 5.41) is 14.2. The zero-order valence-electron chi connectivity index (χ0n) is 16.9. The number of nitrogens with one attached hydrogen (secondary N) is 1. The fraction of sp³-hybridized carbons (Fsp3) is 0.550. The molecular formula is C20H27N5O5. The maximum atomic E-state index is 12.5. The number of fused-ring (bicyclic) bond motifs is 1. The molecule has 2 fully saturated rings. The standard InChI is InChI=1S/C19H25N5O3.CH2O2/c1-27-18(25)9-14-5-6-15(23(14)12-13-3-4-13)11-21-19(26)16-10-17-20-7-2-8-24(17)22-16;2-1-3/h2,7-8,10,13-15H,3-6,9,11-12H2,1H3,(H,21,26);1H,(H,2,3)/t14-,15+;/m1./s1. The van der Waals surface area contributed by atoms with Crippen LogP contribution in [0.5, 0.6) is 0 Å². The van der Waals surface area contributed by atoms with Crippen molar-refractivity contribution in [3.63, 3.8) is 0 Å². The molecule has 2 N–H and O–H groups in total. The van der Waals surface area contributed by atoms with Crippen molar-refractivity contribution in [2.45, 2.75) is 44.2 Å². The lowest BCUT2D eigenvalue weighted by molar-refractivity contribution is -0.142. The minimum Gasteiger partial charge on any atom is -0.483 e. The van der Waals surface area contributed by atoms with Gasteiger partial charge in [0.1, 0.15) is 0 Å². The van der Waals surface area contributed by atoms with Gasteiger partial charge in [0.25, 0.3) is 12.4 Å². The molecule has 0 aromatic carbocycles. The van der Waals surface area contributed by atoms with E-state index in [1.54, 1.807) is 29.0 Å². The van der Waals surface area contributed by atoms with Crippen LogP contribution in [0.4, 0.5) is 0 Å². The summed E-state index contributed by atoms with van der Waals surface area (Å²) in [7, 11) is 1.43. The first-order valence-corrected chi connectivity index (χ1v) is 10.0. The van der Waals surface area contributed by atoms with Gasteiger partial charge in [-0.1, -0.05) is 0 Å². The van der Waals surface area contributed by atoms with Crippen molar-refractivity contribution in [1.82, 2.24) is 24.8 Å². The van der Waals surface area contributed by atoms with Gasteiger partial charge in [-0.05, 0) is 37.7 Å². The van der Waals surface area contributed by atoms with E-state index in [-0.39, 0.29) is 30.4 Å². The van der Waals surface area contributed by atoms with Crippen LogP contribution < -0.4 is 5.32 Å². The van der Waals surface area contributed by atoms with Crippen LogP contribution >= 0.6 is 0 Å². The molecule has 2 aromatic rings. The molecule has 10 heteroatoms. The highest BCUT2D eigenvalue weighted by molar-refractivity contribution is 5.93. The highest BCUT2D eigenvalue weighted by Crippen LogP contribution is 2.35. The quantitative estimate of drug-likeness (QED) is 0.504. The third kappa shape index (κ3) is 5.53. The summed E-state index contributed by atoms with van der Waals surface area (Å²) in [4.78, 5) is 39.2. The van der Waals surface area contributed by atoms with E-state index in [1.807, 2.05) is 0 Å². The number of carboxylic acid groups (broad SMARTS) is 1. The van der Waals surface area contributed by atoms with Gasteiger partial charge in [-0.2, -0.15) is 5.10 Å². The van der Waals surface area contributed by atoms with Crippen LogP contribution in [0.25, 0.3) is 5.65 Å². The van der Waals surface area contributed by atoms with Gasteiger partial charge in [0.15, 0.2) is 11.3 Å². The van der Waals surface area contributed by atoms with Crippen LogP contribution in [0, 0.1) is 5.92 Å². The van der Waals surface area contributed by atoms with Crippen LogP contribution in [-0.4, -0.2) is 75.2 Å². The lowest BCUT2D eigenvalue weighted by atomic mass is 10.1. The van der Waals surface area contributed by atoms with Gasteiger partial charge in [0.05, 0.1) is 13.5 Å². The molecule has 1 aliphatic heterocycles. The smallest absolute Gasteiger partial charge is 0.307 e.